The fourth-order valence-corrected chi connectivity index (χ4v) is 4.78. The molecular formula is C42H34BF14IrN4. The predicted octanol–water partition coefficient (Wildman–Crippen LogP) is 13.7. The maximum Gasteiger partial charge on any atom is 3.00 e. The zero-order chi connectivity index (χ0) is 46.1. The number of alkyl halides is 6. The summed E-state index contributed by atoms with van der Waals surface area (Å²) in [4.78, 5) is 16.0. The molecule has 4 aromatic heterocycles. The van der Waals surface area contributed by atoms with Crippen molar-refractivity contribution in [2.24, 2.45) is 0 Å². The average molecular weight is 1060 g/mol. The third kappa shape index (κ3) is 16.9. The van der Waals surface area contributed by atoms with E-state index in [9.17, 15) is 61.2 Å². The largest absolute Gasteiger partial charge is 3.00 e. The van der Waals surface area contributed by atoms with Crippen LogP contribution in [0.15, 0.2) is 97.6 Å². The molecule has 0 bridgehead atoms. The van der Waals surface area contributed by atoms with Crippen LogP contribution in [0.5, 0.6) is 0 Å². The van der Waals surface area contributed by atoms with E-state index < -0.39 is 54.0 Å². The fraction of sp³-hybridized carbons (Fsp3) is 0.238. The molecule has 0 amide bonds. The second-order valence-electron chi connectivity index (χ2n) is 14.8. The van der Waals surface area contributed by atoms with Gasteiger partial charge < -0.3 is 27.2 Å². The second-order valence-corrected chi connectivity index (χ2v) is 14.8. The zero-order valence-electron chi connectivity index (χ0n) is 33.2. The first kappa shape index (κ1) is 52.9. The smallest absolute Gasteiger partial charge is 0.418 e. The Morgan fingerprint density at radius 1 is 0.452 bits per heavy atom. The van der Waals surface area contributed by atoms with Gasteiger partial charge >= 0.3 is 39.7 Å². The van der Waals surface area contributed by atoms with E-state index in [2.05, 4.69) is 97.9 Å². The molecule has 0 fully saturated rings. The van der Waals surface area contributed by atoms with E-state index >= 15 is 0 Å². The van der Waals surface area contributed by atoms with Gasteiger partial charge in [-0.1, -0.05) is 89.1 Å². The van der Waals surface area contributed by atoms with Crippen molar-refractivity contribution in [2.45, 2.75) is 64.7 Å². The molecule has 4 heterocycles. The molecule has 0 unspecified atom stereocenters. The Balaban J connectivity index is 0.000000301. The number of hydrogen-bond acceptors (Lipinski definition) is 4. The van der Waals surface area contributed by atoms with Crippen LogP contribution in [0.1, 0.15) is 63.8 Å². The Bertz CT molecular complexity index is 2190. The second kappa shape index (κ2) is 21.2. The van der Waals surface area contributed by atoms with Crippen molar-refractivity contribution in [1.82, 2.24) is 19.9 Å². The average Bonchev–Trinajstić information content (AvgIpc) is 3.14. The van der Waals surface area contributed by atoms with Crippen LogP contribution in [0.4, 0.5) is 61.2 Å². The first-order chi connectivity index (χ1) is 27.9. The SMILES string of the molecule is CC(C)(C)c1ccnc(-c2cc(C(C)(C)C)ccn2)c1.F[B-](F)(F)F.Fc1c[c-]c(-c2ccc(C(F)(F)F)cn2)c(F)c1.Fc1c[c-]c(-c2ccc(C(F)(F)F)cn2)c(F)c1.[Ir+3]. The van der Waals surface area contributed by atoms with Crippen molar-refractivity contribution < 1.29 is 81.3 Å². The van der Waals surface area contributed by atoms with E-state index in [1.165, 1.54) is 11.1 Å². The van der Waals surface area contributed by atoms with Gasteiger partial charge in [0.15, 0.2) is 0 Å². The van der Waals surface area contributed by atoms with Gasteiger partial charge in [-0.3, -0.25) is 27.5 Å². The van der Waals surface area contributed by atoms with Crippen LogP contribution in [-0.2, 0) is 43.3 Å². The standard InChI is InChI=1S/C18H24N2.2C12H5F5N.BF4.Ir/c1-17(2,3)13-7-9-19-15(11-13)16-12-14(8-10-20-16)18(4,5)6;2*13-8-2-3-9(10(14)5-8)11-4-1-7(6-18-11)12(15,16)17;2-1(3,4)5;/h7-12H,1-6H3;2*1-2,4-6H;;/q;3*-1;+3. The monoisotopic (exact) mass is 1060 g/mol. The number of nitrogens with zero attached hydrogens (tertiary/aromatic N) is 4. The minimum absolute atomic E-state index is 0. The van der Waals surface area contributed by atoms with Crippen molar-refractivity contribution in [3.8, 4) is 33.9 Å². The van der Waals surface area contributed by atoms with Gasteiger partial charge in [0.2, 0.25) is 0 Å². The maximum absolute atomic E-state index is 13.3. The van der Waals surface area contributed by atoms with Gasteiger partial charge in [0.1, 0.15) is 0 Å². The Morgan fingerprint density at radius 3 is 1.02 bits per heavy atom. The summed E-state index contributed by atoms with van der Waals surface area (Å²) in [5.74, 6) is -3.49. The van der Waals surface area contributed by atoms with E-state index in [4.69, 9.17) is 0 Å². The van der Waals surface area contributed by atoms with Gasteiger partial charge in [0.05, 0.1) is 22.5 Å². The van der Waals surface area contributed by atoms with Crippen LogP contribution in [0.3, 0.4) is 0 Å². The number of aromatic nitrogens is 4. The zero-order valence-corrected chi connectivity index (χ0v) is 35.6. The van der Waals surface area contributed by atoms with Crippen molar-refractivity contribution in [3.63, 3.8) is 0 Å². The molecule has 0 spiro atoms. The van der Waals surface area contributed by atoms with Gasteiger partial charge in [-0.2, -0.15) is 26.3 Å². The van der Waals surface area contributed by atoms with Gasteiger partial charge in [-0.05, 0) is 57.6 Å². The maximum atomic E-state index is 13.3. The summed E-state index contributed by atoms with van der Waals surface area (Å²) in [5.41, 5.74) is 2.40. The molecule has 0 radical (unpaired) electrons. The van der Waals surface area contributed by atoms with Gasteiger partial charge in [0, 0.05) is 48.1 Å². The molecule has 62 heavy (non-hydrogen) atoms. The summed E-state index contributed by atoms with van der Waals surface area (Å²) in [6, 6.07) is 19.6. The third-order valence-electron chi connectivity index (χ3n) is 7.92. The van der Waals surface area contributed by atoms with E-state index in [0.717, 1.165) is 47.8 Å². The first-order valence-electron chi connectivity index (χ1n) is 17.5. The molecule has 0 aliphatic heterocycles. The molecule has 0 aliphatic rings. The number of pyridine rings is 4. The number of rotatable bonds is 3. The van der Waals surface area contributed by atoms with Crippen LogP contribution in [0.25, 0.3) is 33.9 Å². The molecule has 6 rings (SSSR count). The molecule has 0 aliphatic carbocycles. The van der Waals surface area contributed by atoms with Gasteiger partial charge in [0.25, 0.3) is 0 Å². The summed E-state index contributed by atoms with van der Waals surface area (Å²) in [6.45, 7) is 13.3. The summed E-state index contributed by atoms with van der Waals surface area (Å²) in [6.07, 6.45) is -4.08. The molecule has 4 nitrogen and oxygen atoms in total. The molecule has 332 valence electrons. The topological polar surface area (TPSA) is 51.6 Å². The Morgan fingerprint density at radius 2 is 0.774 bits per heavy atom. The van der Waals surface area contributed by atoms with Crippen molar-refractivity contribution in [2.75, 3.05) is 0 Å². The number of benzene rings is 2. The Kier molecular flexibility index (Phi) is 18.1. The quantitative estimate of drug-likeness (QED) is 0.101. The van der Waals surface area contributed by atoms with Crippen LogP contribution >= 0.6 is 0 Å². The van der Waals surface area contributed by atoms with E-state index in [1.807, 2.05) is 12.4 Å². The molecule has 0 saturated carbocycles. The Hall–Kier alpha value is -5.23. The molecule has 20 heteroatoms. The van der Waals surface area contributed by atoms with Gasteiger partial charge in [-0.15, -0.1) is 24.3 Å². The van der Waals surface area contributed by atoms with Gasteiger partial charge in [-0.25, -0.2) is 0 Å². The fourth-order valence-electron chi connectivity index (χ4n) is 4.78. The number of halogens is 14. The summed E-state index contributed by atoms with van der Waals surface area (Å²) in [7, 11) is -6.00. The molecule has 0 saturated heterocycles. The van der Waals surface area contributed by atoms with Crippen molar-refractivity contribution in [1.29, 1.82) is 0 Å². The van der Waals surface area contributed by atoms with Crippen LogP contribution < -0.4 is 0 Å². The summed E-state index contributed by atoms with van der Waals surface area (Å²) in [5, 5.41) is 0. The molecule has 0 N–H and O–H groups in total. The van der Waals surface area contributed by atoms with E-state index in [-0.39, 0.29) is 53.5 Å². The molecule has 2 aromatic carbocycles. The summed E-state index contributed by atoms with van der Waals surface area (Å²) >= 11 is 0. The predicted molar refractivity (Wildman–Crippen MR) is 202 cm³/mol. The third-order valence-corrected chi connectivity index (χ3v) is 7.92. The van der Waals surface area contributed by atoms with Crippen LogP contribution in [0, 0.1) is 35.4 Å². The number of hydrogen-bond donors (Lipinski definition) is 0. The minimum Gasteiger partial charge on any atom is -0.418 e. The van der Waals surface area contributed by atoms with Crippen molar-refractivity contribution in [3.05, 3.63) is 155 Å². The normalized spacial score (nSPS) is 11.7. The molecule has 0 atom stereocenters. The van der Waals surface area contributed by atoms with E-state index in [0.29, 0.717) is 24.5 Å². The molecular weight excluding hydrogens is 1030 g/mol. The van der Waals surface area contributed by atoms with E-state index in [1.54, 1.807) is 0 Å². The Labute approximate surface area is 361 Å². The van der Waals surface area contributed by atoms with Crippen molar-refractivity contribution >= 4 is 7.25 Å². The summed E-state index contributed by atoms with van der Waals surface area (Å²) < 4.78 is 165. The first-order valence-corrected chi connectivity index (χ1v) is 17.5. The van der Waals surface area contributed by atoms with Crippen LogP contribution in [-0.4, -0.2) is 27.2 Å². The van der Waals surface area contributed by atoms with Crippen LogP contribution in [0.2, 0.25) is 0 Å². The molecule has 6 aromatic rings. The minimum atomic E-state index is -6.00.